The van der Waals surface area contributed by atoms with E-state index in [0.29, 0.717) is 16.5 Å². The molecule has 2 aromatic carbocycles. The number of para-hydroxylation sites is 1. The first-order valence-electron chi connectivity index (χ1n) is 7.67. The summed E-state index contributed by atoms with van der Waals surface area (Å²) in [5.74, 6) is 1.31. The van der Waals surface area contributed by atoms with E-state index in [1.54, 1.807) is 30.3 Å². The third-order valence-electron chi connectivity index (χ3n) is 3.33. The van der Waals surface area contributed by atoms with Crippen LogP contribution in [0.15, 0.2) is 70.2 Å². The van der Waals surface area contributed by atoms with Crippen molar-refractivity contribution in [2.45, 2.75) is 0 Å². The number of hydrogen-bond donors (Lipinski definition) is 1. The third-order valence-corrected chi connectivity index (χ3v) is 4.36. The fourth-order valence-electron chi connectivity index (χ4n) is 2.10. The van der Waals surface area contributed by atoms with E-state index in [-0.39, 0.29) is 6.61 Å². The molecule has 0 aliphatic rings. The average molecular weight is 481 g/mol. The lowest BCUT2D eigenvalue weighted by molar-refractivity contribution is -0.123. The standard InChI is InChI=1S/C19H14ClIN2O3/c20-16-3-1-2-4-18(16)25-12-19(24)23-22-11-15-9-10-17(26-15)13-5-7-14(21)8-6-13/h1-11H,12H2,(H,23,24). The SMILES string of the molecule is O=C(COc1ccccc1Cl)NN=Cc1ccc(-c2ccc(I)cc2)o1. The molecule has 1 aromatic heterocycles. The van der Waals surface area contributed by atoms with Crippen LogP contribution < -0.4 is 10.2 Å². The molecule has 0 atom stereocenters. The van der Waals surface area contributed by atoms with Crippen LogP contribution in [-0.4, -0.2) is 18.7 Å². The summed E-state index contributed by atoms with van der Waals surface area (Å²) in [6, 6.07) is 18.5. The summed E-state index contributed by atoms with van der Waals surface area (Å²) in [6.45, 7) is -0.187. The van der Waals surface area contributed by atoms with E-state index in [1.165, 1.54) is 6.21 Å². The molecule has 0 aliphatic heterocycles. The summed E-state index contributed by atoms with van der Waals surface area (Å²) in [5, 5.41) is 4.31. The summed E-state index contributed by atoms with van der Waals surface area (Å²) in [6.07, 6.45) is 1.43. The van der Waals surface area contributed by atoms with Crippen LogP contribution >= 0.6 is 34.2 Å². The maximum Gasteiger partial charge on any atom is 0.277 e. The van der Waals surface area contributed by atoms with Gasteiger partial charge in [0.25, 0.3) is 5.91 Å². The second-order valence-electron chi connectivity index (χ2n) is 5.22. The summed E-state index contributed by atoms with van der Waals surface area (Å²) in [4.78, 5) is 11.8. The van der Waals surface area contributed by atoms with Gasteiger partial charge in [0.15, 0.2) is 6.61 Å². The second-order valence-corrected chi connectivity index (χ2v) is 6.87. The van der Waals surface area contributed by atoms with E-state index >= 15 is 0 Å². The fourth-order valence-corrected chi connectivity index (χ4v) is 2.65. The van der Waals surface area contributed by atoms with Crippen LogP contribution in [-0.2, 0) is 4.79 Å². The van der Waals surface area contributed by atoms with Crippen molar-refractivity contribution in [3.8, 4) is 17.1 Å². The number of carbonyl (C=O) groups is 1. The zero-order chi connectivity index (χ0) is 18.4. The summed E-state index contributed by atoms with van der Waals surface area (Å²) >= 11 is 8.20. The topological polar surface area (TPSA) is 63.8 Å². The number of hydrazone groups is 1. The van der Waals surface area contributed by atoms with E-state index in [1.807, 2.05) is 30.3 Å². The van der Waals surface area contributed by atoms with Gasteiger partial charge in [0.05, 0.1) is 11.2 Å². The number of nitrogens with zero attached hydrogens (tertiary/aromatic N) is 1. The second kappa shape index (κ2) is 8.86. The Bertz CT molecular complexity index is 923. The highest BCUT2D eigenvalue weighted by Gasteiger charge is 2.05. The Morgan fingerprint density at radius 3 is 2.69 bits per heavy atom. The van der Waals surface area contributed by atoms with Gasteiger partial charge in [-0.05, 0) is 59.0 Å². The van der Waals surface area contributed by atoms with Crippen molar-refractivity contribution in [1.29, 1.82) is 0 Å². The molecular formula is C19H14ClIN2O3. The highest BCUT2D eigenvalue weighted by Crippen LogP contribution is 2.23. The number of ether oxygens (including phenoxy) is 1. The Morgan fingerprint density at radius 2 is 1.92 bits per heavy atom. The number of carbonyl (C=O) groups excluding carboxylic acids is 1. The Kier molecular flexibility index (Phi) is 6.30. The minimum absolute atomic E-state index is 0.187. The average Bonchev–Trinajstić information content (AvgIpc) is 3.10. The lowest BCUT2D eigenvalue weighted by Gasteiger charge is -2.06. The van der Waals surface area contributed by atoms with Gasteiger partial charge in [-0.25, -0.2) is 5.43 Å². The monoisotopic (exact) mass is 480 g/mol. The van der Waals surface area contributed by atoms with E-state index in [9.17, 15) is 4.79 Å². The predicted molar refractivity (Wildman–Crippen MR) is 110 cm³/mol. The van der Waals surface area contributed by atoms with Crippen LogP contribution in [0.3, 0.4) is 0 Å². The first-order valence-corrected chi connectivity index (χ1v) is 9.12. The number of furan rings is 1. The van der Waals surface area contributed by atoms with Crippen molar-refractivity contribution in [2.24, 2.45) is 5.10 Å². The molecule has 132 valence electrons. The van der Waals surface area contributed by atoms with Crippen molar-refractivity contribution < 1.29 is 13.9 Å². The van der Waals surface area contributed by atoms with Crippen LogP contribution in [0.4, 0.5) is 0 Å². The zero-order valence-electron chi connectivity index (χ0n) is 13.5. The molecule has 7 heteroatoms. The van der Waals surface area contributed by atoms with Crippen LogP contribution in [0.2, 0.25) is 5.02 Å². The van der Waals surface area contributed by atoms with Crippen LogP contribution in [0, 0.1) is 3.57 Å². The van der Waals surface area contributed by atoms with Gasteiger partial charge in [0, 0.05) is 9.13 Å². The molecule has 3 aromatic rings. The van der Waals surface area contributed by atoms with Gasteiger partial charge in [-0.15, -0.1) is 0 Å². The molecular weight excluding hydrogens is 467 g/mol. The van der Waals surface area contributed by atoms with Crippen molar-refractivity contribution in [3.63, 3.8) is 0 Å². The first kappa shape index (κ1) is 18.5. The molecule has 3 rings (SSSR count). The molecule has 1 amide bonds. The number of halogens is 2. The lowest BCUT2D eigenvalue weighted by atomic mass is 10.2. The molecule has 0 saturated heterocycles. The largest absolute Gasteiger partial charge is 0.482 e. The molecule has 1 heterocycles. The van der Waals surface area contributed by atoms with Gasteiger partial charge in [-0.1, -0.05) is 35.9 Å². The number of rotatable bonds is 6. The molecule has 0 radical (unpaired) electrons. The first-order chi connectivity index (χ1) is 12.6. The summed E-state index contributed by atoms with van der Waals surface area (Å²) < 4.78 is 12.2. The van der Waals surface area contributed by atoms with Crippen LogP contribution in [0.25, 0.3) is 11.3 Å². The number of amides is 1. The molecule has 0 unspecified atom stereocenters. The molecule has 5 nitrogen and oxygen atoms in total. The van der Waals surface area contributed by atoms with Gasteiger partial charge in [0.2, 0.25) is 0 Å². The predicted octanol–water partition coefficient (Wildman–Crippen LogP) is 4.73. The smallest absolute Gasteiger partial charge is 0.277 e. The maximum absolute atomic E-state index is 11.8. The Balaban J connectivity index is 1.51. The van der Waals surface area contributed by atoms with Crippen molar-refractivity contribution in [3.05, 3.63) is 75.0 Å². The Labute approximate surface area is 169 Å². The highest BCUT2D eigenvalue weighted by atomic mass is 127. The lowest BCUT2D eigenvalue weighted by Crippen LogP contribution is -2.24. The zero-order valence-corrected chi connectivity index (χ0v) is 16.4. The molecule has 0 aliphatic carbocycles. The number of nitrogens with one attached hydrogen (secondary N) is 1. The molecule has 1 N–H and O–H groups in total. The number of hydrogen-bond acceptors (Lipinski definition) is 4. The van der Waals surface area contributed by atoms with E-state index in [0.717, 1.165) is 14.9 Å². The van der Waals surface area contributed by atoms with Gasteiger partial charge < -0.3 is 9.15 Å². The summed E-state index contributed by atoms with van der Waals surface area (Å²) in [7, 11) is 0. The molecule has 0 spiro atoms. The molecule has 0 bridgehead atoms. The Hall–Kier alpha value is -2.32. The van der Waals surface area contributed by atoms with Crippen LogP contribution in [0.5, 0.6) is 5.75 Å². The molecule has 26 heavy (non-hydrogen) atoms. The minimum atomic E-state index is -0.398. The molecule has 0 saturated carbocycles. The third kappa shape index (κ3) is 5.09. The molecule has 0 fully saturated rings. The van der Waals surface area contributed by atoms with Gasteiger partial charge in [0.1, 0.15) is 17.3 Å². The number of benzene rings is 2. The van der Waals surface area contributed by atoms with E-state index < -0.39 is 5.91 Å². The van der Waals surface area contributed by atoms with Gasteiger partial charge >= 0.3 is 0 Å². The van der Waals surface area contributed by atoms with Crippen LogP contribution in [0.1, 0.15) is 5.76 Å². The van der Waals surface area contributed by atoms with Gasteiger partial charge in [-0.3, -0.25) is 4.79 Å². The normalized spacial score (nSPS) is 10.8. The minimum Gasteiger partial charge on any atom is -0.482 e. The van der Waals surface area contributed by atoms with Gasteiger partial charge in [-0.2, -0.15) is 5.10 Å². The Morgan fingerprint density at radius 1 is 1.15 bits per heavy atom. The fraction of sp³-hybridized carbons (Fsp3) is 0.0526. The van der Waals surface area contributed by atoms with Crippen molar-refractivity contribution in [1.82, 2.24) is 5.43 Å². The van der Waals surface area contributed by atoms with Crippen molar-refractivity contribution in [2.75, 3.05) is 6.61 Å². The maximum atomic E-state index is 11.8. The van der Waals surface area contributed by atoms with E-state index in [4.69, 9.17) is 20.8 Å². The van der Waals surface area contributed by atoms with Crippen molar-refractivity contribution >= 4 is 46.3 Å². The van der Waals surface area contributed by atoms with E-state index in [2.05, 4.69) is 33.1 Å². The summed E-state index contributed by atoms with van der Waals surface area (Å²) in [5.41, 5.74) is 3.35. The highest BCUT2D eigenvalue weighted by molar-refractivity contribution is 14.1. The quantitative estimate of drug-likeness (QED) is 0.315.